The highest BCUT2D eigenvalue weighted by molar-refractivity contribution is 9.10. The molecule has 1 aromatic carbocycles. The molecule has 0 aliphatic carbocycles. The van der Waals surface area contributed by atoms with Gasteiger partial charge in [0.25, 0.3) is 0 Å². The van der Waals surface area contributed by atoms with Crippen molar-refractivity contribution in [3.05, 3.63) is 41.1 Å². The molecule has 0 radical (unpaired) electrons. The third kappa shape index (κ3) is 3.10. The standard InChI is InChI=1S/C12H9BrN2O2/c1-8(16)17-11-6-14-12(15-7-11)9-2-4-10(13)5-3-9/h2-7H,1H3. The summed E-state index contributed by atoms with van der Waals surface area (Å²) in [7, 11) is 0. The van der Waals surface area contributed by atoms with Crippen LogP contribution in [0.25, 0.3) is 11.4 Å². The lowest BCUT2D eigenvalue weighted by molar-refractivity contribution is -0.131. The number of hydrogen-bond acceptors (Lipinski definition) is 4. The average Bonchev–Trinajstić information content (AvgIpc) is 2.30. The van der Waals surface area contributed by atoms with Gasteiger partial charge < -0.3 is 4.74 Å². The molecule has 0 atom stereocenters. The fourth-order valence-electron chi connectivity index (χ4n) is 1.28. The molecule has 0 unspecified atom stereocenters. The van der Waals surface area contributed by atoms with Gasteiger partial charge in [0.15, 0.2) is 11.6 Å². The first kappa shape index (κ1) is 11.7. The Morgan fingerprint density at radius 3 is 2.29 bits per heavy atom. The third-order valence-electron chi connectivity index (χ3n) is 1.99. The Balaban J connectivity index is 2.23. The molecule has 0 N–H and O–H groups in total. The molecular formula is C12H9BrN2O2. The van der Waals surface area contributed by atoms with Crippen LogP contribution < -0.4 is 4.74 Å². The number of ether oxygens (including phenoxy) is 1. The van der Waals surface area contributed by atoms with Gasteiger partial charge in [-0.2, -0.15) is 0 Å². The molecule has 4 nitrogen and oxygen atoms in total. The van der Waals surface area contributed by atoms with Crippen LogP contribution >= 0.6 is 15.9 Å². The molecule has 17 heavy (non-hydrogen) atoms. The first-order valence-electron chi connectivity index (χ1n) is 4.91. The number of halogens is 1. The molecule has 0 spiro atoms. The van der Waals surface area contributed by atoms with Gasteiger partial charge in [-0.05, 0) is 12.1 Å². The number of aromatic nitrogens is 2. The van der Waals surface area contributed by atoms with Crippen molar-refractivity contribution in [2.75, 3.05) is 0 Å². The van der Waals surface area contributed by atoms with Crippen molar-refractivity contribution >= 4 is 21.9 Å². The van der Waals surface area contributed by atoms with Crippen molar-refractivity contribution in [2.24, 2.45) is 0 Å². The van der Waals surface area contributed by atoms with E-state index in [9.17, 15) is 4.79 Å². The second-order valence-electron chi connectivity index (χ2n) is 3.34. The highest BCUT2D eigenvalue weighted by atomic mass is 79.9. The van der Waals surface area contributed by atoms with Crippen molar-refractivity contribution in [1.29, 1.82) is 0 Å². The summed E-state index contributed by atoms with van der Waals surface area (Å²) < 4.78 is 5.85. The zero-order valence-corrected chi connectivity index (χ0v) is 10.6. The van der Waals surface area contributed by atoms with Crippen molar-refractivity contribution in [2.45, 2.75) is 6.92 Å². The molecule has 0 amide bonds. The van der Waals surface area contributed by atoms with Crippen LogP contribution in [0.4, 0.5) is 0 Å². The van der Waals surface area contributed by atoms with E-state index in [-0.39, 0.29) is 5.97 Å². The van der Waals surface area contributed by atoms with E-state index in [1.165, 1.54) is 19.3 Å². The molecule has 0 aliphatic heterocycles. The lowest BCUT2D eigenvalue weighted by Gasteiger charge is -2.02. The number of nitrogens with zero attached hydrogens (tertiary/aromatic N) is 2. The summed E-state index contributed by atoms with van der Waals surface area (Å²) in [6.45, 7) is 1.34. The molecule has 86 valence electrons. The highest BCUT2D eigenvalue weighted by Crippen LogP contribution is 2.19. The lowest BCUT2D eigenvalue weighted by atomic mass is 10.2. The Kier molecular flexibility index (Phi) is 3.49. The summed E-state index contributed by atoms with van der Waals surface area (Å²) in [4.78, 5) is 19.0. The van der Waals surface area contributed by atoms with Crippen LogP contribution in [0.1, 0.15) is 6.92 Å². The first-order chi connectivity index (χ1) is 8.15. The number of esters is 1. The number of rotatable bonds is 2. The molecule has 0 saturated carbocycles. The summed E-state index contributed by atoms with van der Waals surface area (Å²) in [6.07, 6.45) is 2.96. The maximum Gasteiger partial charge on any atom is 0.308 e. The highest BCUT2D eigenvalue weighted by Gasteiger charge is 2.03. The van der Waals surface area contributed by atoms with Crippen molar-refractivity contribution in [3.8, 4) is 17.1 Å². The zero-order chi connectivity index (χ0) is 12.3. The van der Waals surface area contributed by atoms with E-state index in [1.807, 2.05) is 24.3 Å². The summed E-state index contributed by atoms with van der Waals surface area (Å²) in [5.41, 5.74) is 0.905. The quantitative estimate of drug-likeness (QED) is 0.799. The number of hydrogen-bond donors (Lipinski definition) is 0. The summed E-state index contributed by atoms with van der Waals surface area (Å²) in [5.74, 6) is 0.553. The Labute approximate surface area is 107 Å². The smallest absolute Gasteiger partial charge is 0.308 e. The molecule has 1 aromatic heterocycles. The van der Waals surface area contributed by atoms with Crippen LogP contribution in [-0.4, -0.2) is 15.9 Å². The van der Waals surface area contributed by atoms with Crippen molar-refractivity contribution in [1.82, 2.24) is 9.97 Å². The second-order valence-corrected chi connectivity index (χ2v) is 4.26. The van der Waals surface area contributed by atoms with Gasteiger partial charge in [0.05, 0.1) is 12.4 Å². The maximum absolute atomic E-state index is 10.7. The first-order valence-corrected chi connectivity index (χ1v) is 5.71. The van der Waals surface area contributed by atoms with Gasteiger partial charge in [-0.25, -0.2) is 9.97 Å². The molecule has 1 heterocycles. The monoisotopic (exact) mass is 292 g/mol. The third-order valence-corrected chi connectivity index (χ3v) is 2.52. The van der Waals surface area contributed by atoms with Crippen molar-refractivity contribution < 1.29 is 9.53 Å². The Hall–Kier alpha value is -1.75. The predicted octanol–water partition coefficient (Wildman–Crippen LogP) is 2.83. The summed E-state index contributed by atoms with van der Waals surface area (Å²) in [6, 6.07) is 7.65. The Morgan fingerprint density at radius 2 is 1.76 bits per heavy atom. The normalized spacial score (nSPS) is 10.0. The van der Waals surface area contributed by atoms with Crippen LogP contribution in [0.2, 0.25) is 0 Å². The van der Waals surface area contributed by atoms with E-state index in [2.05, 4.69) is 25.9 Å². The topological polar surface area (TPSA) is 52.1 Å². The number of benzene rings is 1. The van der Waals surface area contributed by atoms with Gasteiger partial charge in [0, 0.05) is 17.0 Å². The minimum Gasteiger partial charge on any atom is -0.423 e. The van der Waals surface area contributed by atoms with Crippen LogP contribution in [0.15, 0.2) is 41.1 Å². The van der Waals surface area contributed by atoms with E-state index in [4.69, 9.17) is 4.74 Å². The molecule has 0 saturated heterocycles. The molecule has 2 rings (SSSR count). The second kappa shape index (κ2) is 5.05. The maximum atomic E-state index is 10.7. The fraction of sp³-hybridized carbons (Fsp3) is 0.0833. The average molecular weight is 293 g/mol. The Bertz CT molecular complexity index is 523. The molecule has 0 fully saturated rings. The summed E-state index contributed by atoms with van der Waals surface area (Å²) in [5, 5.41) is 0. The largest absolute Gasteiger partial charge is 0.423 e. The fourth-order valence-corrected chi connectivity index (χ4v) is 1.55. The lowest BCUT2D eigenvalue weighted by Crippen LogP contribution is -2.02. The van der Waals surface area contributed by atoms with Crippen LogP contribution in [-0.2, 0) is 4.79 Å². The van der Waals surface area contributed by atoms with E-state index in [1.54, 1.807) is 0 Å². The van der Waals surface area contributed by atoms with Gasteiger partial charge in [0.1, 0.15) is 0 Å². The van der Waals surface area contributed by atoms with Crippen LogP contribution in [0.5, 0.6) is 5.75 Å². The van der Waals surface area contributed by atoms with E-state index >= 15 is 0 Å². The molecular weight excluding hydrogens is 284 g/mol. The van der Waals surface area contributed by atoms with E-state index < -0.39 is 0 Å². The number of carbonyl (C=O) groups is 1. The van der Waals surface area contributed by atoms with Gasteiger partial charge in [-0.1, -0.05) is 28.1 Å². The van der Waals surface area contributed by atoms with Gasteiger partial charge in [-0.3, -0.25) is 4.79 Å². The molecule has 2 aromatic rings. The van der Waals surface area contributed by atoms with Gasteiger partial charge >= 0.3 is 5.97 Å². The molecule has 0 bridgehead atoms. The number of carbonyl (C=O) groups excluding carboxylic acids is 1. The van der Waals surface area contributed by atoms with E-state index in [0.717, 1.165) is 10.0 Å². The molecule has 5 heteroatoms. The minimum atomic E-state index is -0.384. The van der Waals surface area contributed by atoms with Crippen LogP contribution in [0, 0.1) is 0 Å². The zero-order valence-electron chi connectivity index (χ0n) is 9.05. The van der Waals surface area contributed by atoms with Gasteiger partial charge in [0.2, 0.25) is 0 Å². The van der Waals surface area contributed by atoms with E-state index in [0.29, 0.717) is 11.6 Å². The summed E-state index contributed by atoms with van der Waals surface area (Å²) >= 11 is 3.36. The molecule has 0 aliphatic rings. The van der Waals surface area contributed by atoms with Gasteiger partial charge in [-0.15, -0.1) is 0 Å². The SMILES string of the molecule is CC(=O)Oc1cnc(-c2ccc(Br)cc2)nc1. The predicted molar refractivity (Wildman–Crippen MR) is 66.5 cm³/mol. The van der Waals surface area contributed by atoms with Crippen molar-refractivity contribution in [3.63, 3.8) is 0 Å². The minimum absolute atomic E-state index is 0.346. The van der Waals surface area contributed by atoms with Crippen LogP contribution in [0.3, 0.4) is 0 Å². The Morgan fingerprint density at radius 1 is 1.18 bits per heavy atom.